The molecule has 0 aliphatic rings. The van der Waals surface area contributed by atoms with Crippen molar-refractivity contribution in [3.8, 4) is 5.75 Å². The van der Waals surface area contributed by atoms with Crippen LogP contribution in [0.25, 0.3) is 10.1 Å². The van der Waals surface area contributed by atoms with Crippen LogP contribution in [0.1, 0.15) is 11.3 Å². The number of thiophene rings is 1. The fraction of sp³-hybridized carbons (Fsp3) is 0.111. The number of nitrogens with two attached hydrogens (primary N) is 1. The van der Waals surface area contributed by atoms with Crippen LogP contribution in [-0.4, -0.2) is 5.11 Å². The van der Waals surface area contributed by atoms with Crippen molar-refractivity contribution in [1.82, 2.24) is 0 Å². The molecule has 0 fully saturated rings. The van der Waals surface area contributed by atoms with Gasteiger partial charge in [-0.15, -0.1) is 11.3 Å². The SMILES string of the molecule is Nc1cc2sc(C(F)F)cc2cc1O. The standard InChI is InChI=1S/C9H7F2NOS/c10-9(11)8-2-4-1-6(13)5(12)3-7(4)14-8/h1-3,9,13H,12H2. The van der Waals surface area contributed by atoms with Crippen LogP contribution in [-0.2, 0) is 0 Å². The summed E-state index contributed by atoms with van der Waals surface area (Å²) in [6, 6.07) is 4.26. The topological polar surface area (TPSA) is 46.2 Å². The maximum Gasteiger partial charge on any atom is 0.272 e. The monoisotopic (exact) mass is 215 g/mol. The maximum atomic E-state index is 12.3. The molecule has 0 radical (unpaired) electrons. The molecule has 0 saturated heterocycles. The van der Waals surface area contributed by atoms with Gasteiger partial charge in [0.05, 0.1) is 10.6 Å². The summed E-state index contributed by atoms with van der Waals surface area (Å²) in [7, 11) is 0. The Kier molecular flexibility index (Phi) is 2.03. The second-order valence-corrected chi connectivity index (χ2v) is 4.01. The highest BCUT2D eigenvalue weighted by molar-refractivity contribution is 7.19. The molecular weight excluding hydrogens is 208 g/mol. The third-order valence-electron chi connectivity index (χ3n) is 1.90. The first kappa shape index (κ1) is 9.21. The van der Waals surface area contributed by atoms with Gasteiger partial charge in [0, 0.05) is 4.70 Å². The van der Waals surface area contributed by atoms with Gasteiger partial charge < -0.3 is 10.8 Å². The van der Waals surface area contributed by atoms with E-state index in [0.717, 1.165) is 11.3 Å². The van der Waals surface area contributed by atoms with Gasteiger partial charge in [-0.1, -0.05) is 0 Å². The minimum atomic E-state index is -2.48. The number of alkyl halides is 2. The third-order valence-corrected chi connectivity index (χ3v) is 3.00. The van der Waals surface area contributed by atoms with E-state index in [4.69, 9.17) is 5.73 Å². The first-order chi connectivity index (χ1) is 6.58. The number of rotatable bonds is 1. The second-order valence-electron chi connectivity index (χ2n) is 2.90. The van der Waals surface area contributed by atoms with Crippen molar-refractivity contribution in [2.24, 2.45) is 0 Å². The molecule has 0 unspecified atom stereocenters. The molecule has 2 aromatic rings. The number of aromatic hydroxyl groups is 1. The van der Waals surface area contributed by atoms with Crippen molar-refractivity contribution in [3.05, 3.63) is 23.1 Å². The molecule has 0 spiro atoms. The van der Waals surface area contributed by atoms with E-state index < -0.39 is 6.43 Å². The molecule has 0 bridgehead atoms. The predicted molar refractivity (Wildman–Crippen MR) is 52.9 cm³/mol. The van der Waals surface area contributed by atoms with Gasteiger partial charge in [-0.25, -0.2) is 8.78 Å². The summed E-state index contributed by atoms with van der Waals surface area (Å²) in [5.74, 6) is -0.0730. The van der Waals surface area contributed by atoms with Crippen molar-refractivity contribution in [2.75, 3.05) is 5.73 Å². The first-order valence-electron chi connectivity index (χ1n) is 3.88. The summed E-state index contributed by atoms with van der Waals surface area (Å²) >= 11 is 0.987. The highest BCUT2D eigenvalue weighted by Crippen LogP contribution is 2.36. The Morgan fingerprint density at radius 1 is 1.29 bits per heavy atom. The molecule has 0 atom stereocenters. The second kappa shape index (κ2) is 3.09. The molecule has 2 rings (SSSR count). The third kappa shape index (κ3) is 1.39. The Labute approximate surface area is 82.6 Å². The van der Waals surface area contributed by atoms with Gasteiger partial charge in [-0.2, -0.15) is 0 Å². The van der Waals surface area contributed by atoms with Crippen LogP contribution in [0.15, 0.2) is 18.2 Å². The Morgan fingerprint density at radius 2 is 2.00 bits per heavy atom. The van der Waals surface area contributed by atoms with Gasteiger partial charge in [0.2, 0.25) is 0 Å². The summed E-state index contributed by atoms with van der Waals surface area (Å²) in [6.07, 6.45) is -2.48. The first-order valence-corrected chi connectivity index (χ1v) is 4.69. The lowest BCUT2D eigenvalue weighted by molar-refractivity contribution is 0.156. The van der Waals surface area contributed by atoms with Crippen LogP contribution >= 0.6 is 11.3 Å². The average molecular weight is 215 g/mol. The Balaban J connectivity index is 2.66. The quantitative estimate of drug-likeness (QED) is 0.567. The van der Waals surface area contributed by atoms with E-state index in [1.807, 2.05) is 0 Å². The van der Waals surface area contributed by atoms with E-state index in [0.29, 0.717) is 10.1 Å². The molecule has 0 saturated carbocycles. The predicted octanol–water partition coefficient (Wildman–Crippen LogP) is 3.13. The van der Waals surface area contributed by atoms with Crippen molar-refractivity contribution in [2.45, 2.75) is 6.43 Å². The average Bonchev–Trinajstić information content (AvgIpc) is 2.48. The van der Waals surface area contributed by atoms with E-state index in [9.17, 15) is 13.9 Å². The molecule has 2 nitrogen and oxygen atoms in total. The molecule has 5 heteroatoms. The van der Waals surface area contributed by atoms with E-state index >= 15 is 0 Å². The number of fused-ring (bicyclic) bond motifs is 1. The van der Waals surface area contributed by atoms with Gasteiger partial charge in [0.1, 0.15) is 5.75 Å². The number of halogens is 2. The van der Waals surface area contributed by atoms with Gasteiger partial charge in [-0.3, -0.25) is 0 Å². The van der Waals surface area contributed by atoms with E-state index in [1.165, 1.54) is 18.2 Å². The van der Waals surface area contributed by atoms with E-state index in [1.54, 1.807) is 0 Å². The van der Waals surface area contributed by atoms with E-state index in [-0.39, 0.29) is 16.3 Å². The summed E-state index contributed by atoms with van der Waals surface area (Å²) in [5, 5.41) is 9.85. The zero-order valence-corrected chi connectivity index (χ0v) is 7.81. The van der Waals surface area contributed by atoms with Crippen molar-refractivity contribution >= 4 is 27.1 Å². The van der Waals surface area contributed by atoms with Gasteiger partial charge in [-0.05, 0) is 23.6 Å². The number of benzene rings is 1. The van der Waals surface area contributed by atoms with Crippen LogP contribution in [0, 0.1) is 0 Å². The number of nitrogen functional groups attached to an aromatic ring is 1. The van der Waals surface area contributed by atoms with Gasteiger partial charge in [0.15, 0.2) is 0 Å². The molecule has 0 aliphatic heterocycles. The lowest BCUT2D eigenvalue weighted by Gasteiger charge is -1.96. The van der Waals surface area contributed by atoms with Crippen LogP contribution in [0.5, 0.6) is 5.75 Å². The molecule has 14 heavy (non-hydrogen) atoms. The van der Waals surface area contributed by atoms with Crippen molar-refractivity contribution in [1.29, 1.82) is 0 Å². The minimum Gasteiger partial charge on any atom is -0.506 e. The number of phenols is 1. The lowest BCUT2D eigenvalue weighted by atomic mass is 10.2. The summed E-state index contributed by atoms with van der Waals surface area (Å²) in [4.78, 5) is -0.00926. The fourth-order valence-corrected chi connectivity index (χ4v) is 2.17. The molecule has 0 amide bonds. The Bertz CT molecular complexity index is 442. The molecule has 1 aromatic heterocycles. The zero-order valence-electron chi connectivity index (χ0n) is 7.00. The van der Waals surface area contributed by atoms with Crippen LogP contribution in [0.3, 0.4) is 0 Å². The molecule has 0 aliphatic carbocycles. The molecule has 74 valence electrons. The largest absolute Gasteiger partial charge is 0.506 e. The molecule has 1 aromatic carbocycles. The van der Waals surface area contributed by atoms with Crippen LogP contribution in [0.4, 0.5) is 14.5 Å². The van der Waals surface area contributed by atoms with Gasteiger partial charge >= 0.3 is 0 Å². The van der Waals surface area contributed by atoms with Crippen molar-refractivity contribution < 1.29 is 13.9 Å². The molecular formula is C9H7F2NOS. The lowest BCUT2D eigenvalue weighted by Crippen LogP contribution is -1.83. The Hall–Kier alpha value is -1.36. The number of phenolic OH excluding ortho intramolecular Hbond substituents is 1. The Morgan fingerprint density at radius 3 is 2.64 bits per heavy atom. The highest BCUT2D eigenvalue weighted by atomic mass is 32.1. The van der Waals surface area contributed by atoms with Crippen LogP contribution in [0.2, 0.25) is 0 Å². The van der Waals surface area contributed by atoms with Crippen LogP contribution < -0.4 is 5.73 Å². The smallest absolute Gasteiger partial charge is 0.272 e. The van der Waals surface area contributed by atoms with Crippen molar-refractivity contribution in [3.63, 3.8) is 0 Å². The zero-order chi connectivity index (χ0) is 10.3. The van der Waals surface area contributed by atoms with E-state index in [2.05, 4.69) is 0 Å². The number of anilines is 1. The summed E-state index contributed by atoms with van der Waals surface area (Å²) in [5.41, 5.74) is 5.65. The minimum absolute atomic E-state index is 0.00926. The summed E-state index contributed by atoms with van der Waals surface area (Å²) in [6.45, 7) is 0. The summed E-state index contributed by atoms with van der Waals surface area (Å²) < 4.78 is 25.3. The maximum absolute atomic E-state index is 12.3. The molecule has 1 heterocycles. The fourth-order valence-electron chi connectivity index (χ4n) is 1.22. The highest BCUT2D eigenvalue weighted by Gasteiger charge is 2.12. The van der Waals surface area contributed by atoms with Gasteiger partial charge in [0.25, 0.3) is 6.43 Å². The molecule has 3 N–H and O–H groups in total. The normalized spacial score (nSPS) is 11.4. The number of hydrogen-bond acceptors (Lipinski definition) is 3. The number of hydrogen-bond donors (Lipinski definition) is 2.